The molecule has 3 aromatic carbocycles. The topological polar surface area (TPSA) is 97.0 Å². The molecular weight excluding hydrogens is 494 g/mol. The van der Waals surface area contributed by atoms with Crippen LogP contribution < -0.4 is 15.4 Å². The number of rotatable bonds is 6. The Morgan fingerprint density at radius 2 is 1.64 bits per heavy atom. The summed E-state index contributed by atoms with van der Waals surface area (Å²) in [5.74, 6) is -0.00791. The van der Waals surface area contributed by atoms with Crippen molar-refractivity contribution in [3.8, 4) is 5.75 Å². The molecule has 0 bridgehead atoms. The van der Waals surface area contributed by atoms with Crippen LogP contribution in [0.5, 0.6) is 5.75 Å². The summed E-state index contributed by atoms with van der Waals surface area (Å²) in [6.07, 6.45) is 4.83. The predicted octanol–water partition coefficient (Wildman–Crippen LogP) is 6.17. The summed E-state index contributed by atoms with van der Waals surface area (Å²) in [5.41, 5.74) is 4.46. The van der Waals surface area contributed by atoms with E-state index in [0.29, 0.717) is 28.1 Å². The molecular formula is C31H31N3O5. The van der Waals surface area contributed by atoms with Crippen molar-refractivity contribution in [1.29, 1.82) is 0 Å². The fourth-order valence-electron chi connectivity index (χ4n) is 5.16. The molecule has 1 aliphatic carbocycles. The predicted molar refractivity (Wildman–Crippen MR) is 150 cm³/mol. The van der Waals surface area contributed by atoms with Gasteiger partial charge in [-0.3, -0.25) is 9.59 Å². The number of ether oxygens (including phenoxy) is 2. The van der Waals surface area contributed by atoms with Crippen LogP contribution in [0.15, 0.2) is 72.8 Å². The van der Waals surface area contributed by atoms with Crippen LogP contribution in [-0.4, -0.2) is 43.1 Å². The fourth-order valence-corrected chi connectivity index (χ4v) is 5.16. The van der Waals surface area contributed by atoms with Crippen molar-refractivity contribution in [2.24, 2.45) is 0 Å². The standard InChI is InChI=1S/C31H31N3O5/c1-34(23-11-7-4-8-12-23)30(36)21-13-15-22(16-14-21)32-28(20-9-5-3-6-10-20)27-25-18-17-24(39-31(37)38-2)19-26(25)33-29(27)35/h3,5-6,9-10,13-19,23,32H,4,7-8,11-12H2,1-2H3,(H,33,35)/b28-27-. The minimum Gasteiger partial charge on any atom is -0.437 e. The van der Waals surface area contributed by atoms with Gasteiger partial charge in [-0.2, -0.15) is 0 Å². The van der Waals surface area contributed by atoms with Crippen LogP contribution in [0.1, 0.15) is 53.6 Å². The van der Waals surface area contributed by atoms with Gasteiger partial charge >= 0.3 is 6.16 Å². The van der Waals surface area contributed by atoms with Crippen molar-refractivity contribution in [3.63, 3.8) is 0 Å². The maximum Gasteiger partial charge on any atom is 0.513 e. The van der Waals surface area contributed by atoms with Gasteiger partial charge in [-0.15, -0.1) is 0 Å². The molecule has 2 amide bonds. The van der Waals surface area contributed by atoms with E-state index in [9.17, 15) is 14.4 Å². The maximum absolute atomic E-state index is 13.2. The van der Waals surface area contributed by atoms with Crippen molar-refractivity contribution in [2.45, 2.75) is 38.1 Å². The highest BCUT2D eigenvalue weighted by atomic mass is 16.7. The van der Waals surface area contributed by atoms with E-state index in [-0.39, 0.29) is 23.6 Å². The average molecular weight is 526 g/mol. The van der Waals surface area contributed by atoms with Crippen LogP contribution in [0.25, 0.3) is 11.3 Å². The van der Waals surface area contributed by atoms with Gasteiger partial charge in [0.05, 0.1) is 24.1 Å². The number of benzene rings is 3. The molecule has 200 valence electrons. The molecule has 8 nitrogen and oxygen atoms in total. The lowest BCUT2D eigenvalue weighted by atomic mass is 9.94. The highest BCUT2D eigenvalue weighted by molar-refractivity contribution is 6.37. The lowest BCUT2D eigenvalue weighted by Crippen LogP contribution is -2.38. The summed E-state index contributed by atoms with van der Waals surface area (Å²) in [6, 6.07) is 22.1. The van der Waals surface area contributed by atoms with Gasteiger partial charge in [-0.1, -0.05) is 49.6 Å². The molecule has 0 saturated heterocycles. The third-order valence-electron chi connectivity index (χ3n) is 7.26. The Morgan fingerprint density at radius 1 is 0.923 bits per heavy atom. The van der Waals surface area contributed by atoms with E-state index >= 15 is 0 Å². The Hall–Kier alpha value is -4.59. The minimum absolute atomic E-state index is 0.0177. The first-order valence-corrected chi connectivity index (χ1v) is 13.1. The van der Waals surface area contributed by atoms with Crippen LogP contribution in [-0.2, 0) is 9.53 Å². The molecule has 0 unspecified atom stereocenters. The van der Waals surface area contributed by atoms with Crippen LogP contribution >= 0.6 is 0 Å². The number of carbonyl (C=O) groups is 3. The molecule has 1 saturated carbocycles. The molecule has 2 aliphatic rings. The van der Waals surface area contributed by atoms with Gasteiger partial charge in [0.15, 0.2) is 0 Å². The number of amides is 2. The van der Waals surface area contributed by atoms with Crippen LogP contribution in [0.4, 0.5) is 16.2 Å². The molecule has 3 aromatic rings. The molecule has 2 N–H and O–H groups in total. The van der Waals surface area contributed by atoms with E-state index in [4.69, 9.17) is 4.74 Å². The fraction of sp³-hybridized carbons (Fsp3) is 0.258. The number of fused-ring (bicyclic) bond motifs is 1. The summed E-state index contributed by atoms with van der Waals surface area (Å²) in [6.45, 7) is 0. The first kappa shape index (κ1) is 26.0. The Bertz CT molecular complexity index is 1410. The number of anilines is 2. The summed E-state index contributed by atoms with van der Waals surface area (Å²) < 4.78 is 9.66. The van der Waals surface area contributed by atoms with Gasteiger partial charge in [0.25, 0.3) is 11.8 Å². The molecule has 8 heteroatoms. The second-order valence-electron chi connectivity index (χ2n) is 9.74. The average Bonchev–Trinajstić information content (AvgIpc) is 3.30. The summed E-state index contributed by atoms with van der Waals surface area (Å²) >= 11 is 0. The van der Waals surface area contributed by atoms with E-state index in [1.54, 1.807) is 18.2 Å². The smallest absolute Gasteiger partial charge is 0.437 e. The van der Waals surface area contributed by atoms with E-state index in [1.165, 1.54) is 26.4 Å². The molecule has 0 atom stereocenters. The number of hydrogen-bond donors (Lipinski definition) is 2. The highest BCUT2D eigenvalue weighted by Gasteiger charge is 2.29. The van der Waals surface area contributed by atoms with Gasteiger partial charge in [-0.25, -0.2) is 4.79 Å². The zero-order valence-corrected chi connectivity index (χ0v) is 22.0. The molecule has 1 fully saturated rings. The van der Waals surface area contributed by atoms with Crippen molar-refractivity contribution < 1.29 is 23.9 Å². The van der Waals surface area contributed by atoms with E-state index in [1.807, 2.05) is 66.5 Å². The lowest BCUT2D eigenvalue weighted by Gasteiger charge is -2.31. The first-order chi connectivity index (χ1) is 18.9. The molecule has 39 heavy (non-hydrogen) atoms. The third-order valence-corrected chi connectivity index (χ3v) is 7.26. The summed E-state index contributed by atoms with van der Waals surface area (Å²) in [7, 11) is 3.12. The number of hydrogen-bond acceptors (Lipinski definition) is 6. The van der Waals surface area contributed by atoms with Crippen molar-refractivity contribution in [3.05, 3.63) is 89.5 Å². The molecule has 0 radical (unpaired) electrons. The van der Waals surface area contributed by atoms with Gasteiger partial charge in [0.1, 0.15) is 5.75 Å². The maximum atomic E-state index is 13.2. The normalized spacial score (nSPS) is 16.1. The molecule has 1 heterocycles. The molecule has 0 spiro atoms. The summed E-state index contributed by atoms with van der Waals surface area (Å²) in [4.78, 5) is 39.7. The molecule has 5 rings (SSSR count). The highest BCUT2D eigenvalue weighted by Crippen LogP contribution is 2.39. The number of carbonyl (C=O) groups excluding carboxylic acids is 3. The van der Waals surface area contributed by atoms with Gasteiger partial charge in [0, 0.05) is 36.0 Å². The van der Waals surface area contributed by atoms with Gasteiger partial charge < -0.3 is 25.0 Å². The van der Waals surface area contributed by atoms with Crippen LogP contribution in [0.3, 0.4) is 0 Å². The third kappa shape index (κ3) is 5.65. The van der Waals surface area contributed by atoms with Gasteiger partial charge in [0.2, 0.25) is 0 Å². The van der Waals surface area contributed by atoms with Crippen molar-refractivity contribution in [2.75, 3.05) is 24.8 Å². The lowest BCUT2D eigenvalue weighted by molar-refractivity contribution is -0.110. The SMILES string of the molecule is COC(=O)Oc1ccc2c(c1)NC(=O)/C2=C(\Nc1ccc(C(=O)N(C)C2CCCCC2)cc1)c1ccccc1. The first-order valence-electron chi connectivity index (χ1n) is 13.1. The van der Waals surface area contributed by atoms with Gasteiger partial charge in [-0.05, 0) is 54.8 Å². The molecule has 1 aliphatic heterocycles. The molecule has 0 aromatic heterocycles. The minimum atomic E-state index is -0.839. The van der Waals surface area contributed by atoms with Crippen molar-refractivity contribution in [1.82, 2.24) is 4.90 Å². The van der Waals surface area contributed by atoms with Crippen LogP contribution in [0.2, 0.25) is 0 Å². The Labute approximate surface area is 227 Å². The number of nitrogens with zero attached hydrogens (tertiary/aromatic N) is 1. The summed E-state index contributed by atoms with van der Waals surface area (Å²) in [5, 5.41) is 6.28. The van der Waals surface area contributed by atoms with E-state index in [0.717, 1.165) is 24.1 Å². The number of nitrogens with one attached hydrogen (secondary N) is 2. The van der Waals surface area contributed by atoms with Crippen molar-refractivity contribution >= 4 is 40.6 Å². The Kier molecular flexibility index (Phi) is 7.63. The second kappa shape index (κ2) is 11.4. The van der Waals surface area contributed by atoms with Crippen LogP contribution in [0, 0.1) is 0 Å². The zero-order chi connectivity index (χ0) is 27.4. The Balaban J connectivity index is 1.44. The largest absolute Gasteiger partial charge is 0.513 e. The van der Waals surface area contributed by atoms with E-state index in [2.05, 4.69) is 15.4 Å². The Morgan fingerprint density at radius 3 is 2.33 bits per heavy atom. The number of methoxy groups -OCH3 is 1. The second-order valence-corrected chi connectivity index (χ2v) is 9.74. The monoisotopic (exact) mass is 525 g/mol. The van der Waals surface area contributed by atoms with E-state index < -0.39 is 6.16 Å². The quantitative estimate of drug-likeness (QED) is 0.227. The zero-order valence-electron chi connectivity index (χ0n) is 22.0.